The molecule has 1 nitrogen and oxygen atoms in total. The van der Waals surface area contributed by atoms with Crippen LogP contribution in [0.5, 0.6) is 0 Å². The average Bonchev–Trinajstić information content (AvgIpc) is 2.48. The quantitative estimate of drug-likeness (QED) is 0.722. The first-order valence-corrected chi connectivity index (χ1v) is 6.53. The van der Waals surface area contributed by atoms with E-state index in [9.17, 15) is 9.18 Å². The molecule has 2 aromatic carbocycles. The Balaban J connectivity index is 2.19. The van der Waals surface area contributed by atoms with Crippen LogP contribution in [0.4, 0.5) is 4.39 Å². The molecule has 0 aromatic heterocycles. The summed E-state index contributed by atoms with van der Waals surface area (Å²) < 4.78 is 12.3. The van der Waals surface area contributed by atoms with E-state index in [1.165, 1.54) is 5.56 Å². The van der Waals surface area contributed by atoms with Crippen LogP contribution in [0.1, 0.15) is 29.3 Å². The van der Waals surface area contributed by atoms with E-state index in [1.807, 2.05) is 12.1 Å². The third-order valence-electron chi connectivity index (χ3n) is 3.15. The minimum Gasteiger partial charge on any atom is -0.291 e. The molecule has 19 heavy (non-hydrogen) atoms. The van der Waals surface area contributed by atoms with Crippen molar-refractivity contribution < 1.29 is 9.18 Å². The van der Waals surface area contributed by atoms with Crippen molar-refractivity contribution in [1.82, 2.24) is 0 Å². The van der Waals surface area contributed by atoms with Crippen LogP contribution in [0.2, 0.25) is 0 Å². The lowest BCUT2D eigenvalue weighted by molar-refractivity contribution is 0.0958. The summed E-state index contributed by atoms with van der Waals surface area (Å²) >= 11 is 0. The van der Waals surface area contributed by atoms with Crippen LogP contribution in [0, 0.1) is 0 Å². The standard InChI is InChI=1S/C17H17FO/c1-2-3-13-4-6-14(7-5-13)15-8-10-16(11-9-15)17(19)12-18/h4-11H,2-3,12H2,1H3. The molecule has 0 amide bonds. The van der Waals surface area contributed by atoms with Gasteiger partial charge in [0.05, 0.1) is 0 Å². The second kappa shape index (κ2) is 6.28. The molecule has 0 spiro atoms. The van der Waals surface area contributed by atoms with Crippen LogP contribution in [0.15, 0.2) is 48.5 Å². The second-order valence-electron chi connectivity index (χ2n) is 4.58. The van der Waals surface area contributed by atoms with Crippen molar-refractivity contribution in [3.8, 4) is 11.1 Å². The van der Waals surface area contributed by atoms with Crippen LogP contribution in [0.25, 0.3) is 11.1 Å². The summed E-state index contributed by atoms with van der Waals surface area (Å²) in [5.74, 6) is -0.468. The highest BCUT2D eigenvalue weighted by molar-refractivity contribution is 5.97. The number of ketones is 1. The Bertz CT molecular complexity index is 540. The van der Waals surface area contributed by atoms with E-state index >= 15 is 0 Å². The van der Waals surface area contributed by atoms with Gasteiger partial charge in [0.25, 0.3) is 0 Å². The Morgan fingerprint density at radius 3 is 1.95 bits per heavy atom. The van der Waals surface area contributed by atoms with Crippen molar-refractivity contribution in [3.63, 3.8) is 0 Å². The van der Waals surface area contributed by atoms with Crippen LogP contribution in [0.3, 0.4) is 0 Å². The maximum atomic E-state index is 12.3. The number of halogens is 1. The Labute approximate surface area is 113 Å². The molecule has 0 atom stereocenters. The minimum absolute atomic E-state index is 0.425. The van der Waals surface area contributed by atoms with Gasteiger partial charge in [-0.05, 0) is 23.1 Å². The van der Waals surface area contributed by atoms with Gasteiger partial charge in [-0.1, -0.05) is 61.9 Å². The van der Waals surface area contributed by atoms with Gasteiger partial charge in [-0.15, -0.1) is 0 Å². The van der Waals surface area contributed by atoms with Crippen molar-refractivity contribution in [1.29, 1.82) is 0 Å². The summed E-state index contributed by atoms with van der Waals surface area (Å²) in [4.78, 5) is 11.2. The number of benzene rings is 2. The van der Waals surface area contributed by atoms with Gasteiger partial charge in [-0.25, -0.2) is 4.39 Å². The summed E-state index contributed by atoms with van der Waals surface area (Å²) in [6.45, 7) is 1.22. The molecule has 2 rings (SSSR count). The molecule has 0 radical (unpaired) electrons. The predicted molar refractivity (Wildman–Crippen MR) is 76.2 cm³/mol. The van der Waals surface area contributed by atoms with Crippen LogP contribution >= 0.6 is 0 Å². The molecule has 2 heteroatoms. The number of Topliss-reactive ketones (excluding diaryl/α,β-unsaturated/α-hetero) is 1. The minimum atomic E-state index is -0.939. The lowest BCUT2D eigenvalue weighted by Crippen LogP contribution is -2.00. The lowest BCUT2D eigenvalue weighted by atomic mass is 10.0. The van der Waals surface area contributed by atoms with Crippen molar-refractivity contribution >= 4 is 5.78 Å². The molecule has 0 saturated carbocycles. The van der Waals surface area contributed by atoms with E-state index < -0.39 is 12.5 Å². The molecular formula is C17H17FO. The maximum absolute atomic E-state index is 12.3. The van der Waals surface area contributed by atoms with Gasteiger partial charge in [0.1, 0.15) is 0 Å². The first-order chi connectivity index (χ1) is 9.24. The van der Waals surface area contributed by atoms with E-state index in [-0.39, 0.29) is 0 Å². The number of rotatable bonds is 5. The maximum Gasteiger partial charge on any atom is 0.193 e. The number of aryl methyl sites for hydroxylation is 1. The topological polar surface area (TPSA) is 17.1 Å². The molecule has 0 N–H and O–H groups in total. The zero-order valence-electron chi connectivity index (χ0n) is 11.0. The molecule has 0 fully saturated rings. The third kappa shape index (κ3) is 3.28. The van der Waals surface area contributed by atoms with Crippen molar-refractivity contribution in [2.24, 2.45) is 0 Å². The van der Waals surface area contributed by atoms with Gasteiger partial charge < -0.3 is 0 Å². The van der Waals surface area contributed by atoms with Crippen molar-refractivity contribution in [2.75, 3.05) is 6.67 Å². The van der Waals surface area contributed by atoms with E-state index in [0.29, 0.717) is 5.56 Å². The van der Waals surface area contributed by atoms with E-state index in [4.69, 9.17) is 0 Å². The fraction of sp³-hybridized carbons (Fsp3) is 0.235. The summed E-state index contributed by atoms with van der Waals surface area (Å²) in [6, 6.07) is 15.5. The monoisotopic (exact) mass is 256 g/mol. The number of hydrogen-bond donors (Lipinski definition) is 0. The normalized spacial score (nSPS) is 10.4. The summed E-state index contributed by atoms with van der Waals surface area (Å²) in [5, 5.41) is 0. The second-order valence-corrected chi connectivity index (χ2v) is 4.58. The van der Waals surface area contributed by atoms with E-state index in [1.54, 1.807) is 12.1 Å². The highest BCUT2D eigenvalue weighted by atomic mass is 19.1. The van der Waals surface area contributed by atoms with Gasteiger partial charge in [0, 0.05) is 5.56 Å². The highest BCUT2D eigenvalue weighted by Gasteiger charge is 2.05. The molecule has 0 unspecified atom stereocenters. The SMILES string of the molecule is CCCc1ccc(-c2ccc(C(=O)CF)cc2)cc1. The summed E-state index contributed by atoms with van der Waals surface area (Å²) in [6.07, 6.45) is 2.23. The third-order valence-corrected chi connectivity index (χ3v) is 3.15. The van der Waals surface area contributed by atoms with Crippen LogP contribution < -0.4 is 0 Å². The van der Waals surface area contributed by atoms with Crippen molar-refractivity contribution in [3.05, 3.63) is 59.7 Å². The number of alkyl halides is 1. The van der Waals surface area contributed by atoms with Gasteiger partial charge in [0.15, 0.2) is 12.5 Å². The smallest absolute Gasteiger partial charge is 0.193 e. The van der Waals surface area contributed by atoms with Gasteiger partial charge >= 0.3 is 0 Å². The number of hydrogen-bond acceptors (Lipinski definition) is 1. The van der Waals surface area contributed by atoms with Crippen LogP contribution in [-0.4, -0.2) is 12.5 Å². The largest absolute Gasteiger partial charge is 0.291 e. The molecule has 0 saturated heterocycles. The molecule has 0 bridgehead atoms. The molecule has 0 heterocycles. The van der Waals surface area contributed by atoms with Crippen molar-refractivity contribution in [2.45, 2.75) is 19.8 Å². The summed E-state index contributed by atoms with van der Waals surface area (Å²) in [7, 11) is 0. The molecule has 2 aromatic rings. The molecule has 98 valence electrons. The fourth-order valence-corrected chi connectivity index (χ4v) is 2.08. The number of carbonyl (C=O) groups excluding carboxylic acids is 1. The molecule has 0 aliphatic heterocycles. The number of carbonyl (C=O) groups is 1. The summed E-state index contributed by atoms with van der Waals surface area (Å²) in [5.41, 5.74) is 3.90. The van der Waals surface area contributed by atoms with E-state index in [0.717, 1.165) is 24.0 Å². The Morgan fingerprint density at radius 1 is 0.947 bits per heavy atom. The van der Waals surface area contributed by atoms with Gasteiger partial charge in [0.2, 0.25) is 0 Å². The highest BCUT2D eigenvalue weighted by Crippen LogP contribution is 2.21. The zero-order valence-corrected chi connectivity index (χ0v) is 11.0. The Hall–Kier alpha value is -1.96. The first-order valence-electron chi connectivity index (χ1n) is 6.53. The fourth-order valence-electron chi connectivity index (χ4n) is 2.08. The lowest BCUT2D eigenvalue weighted by Gasteiger charge is -2.05. The molecule has 0 aliphatic rings. The molecular weight excluding hydrogens is 239 g/mol. The Kier molecular flexibility index (Phi) is 4.45. The molecule has 0 aliphatic carbocycles. The zero-order chi connectivity index (χ0) is 13.7. The predicted octanol–water partition coefficient (Wildman–Crippen LogP) is 4.46. The average molecular weight is 256 g/mol. The van der Waals surface area contributed by atoms with Gasteiger partial charge in [-0.3, -0.25) is 4.79 Å². The Morgan fingerprint density at radius 2 is 1.47 bits per heavy atom. The first kappa shape index (κ1) is 13.5. The van der Waals surface area contributed by atoms with Gasteiger partial charge in [-0.2, -0.15) is 0 Å². The van der Waals surface area contributed by atoms with E-state index in [2.05, 4.69) is 31.2 Å². The van der Waals surface area contributed by atoms with Crippen LogP contribution in [-0.2, 0) is 6.42 Å².